The van der Waals surface area contributed by atoms with Crippen molar-refractivity contribution in [3.63, 3.8) is 0 Å². The average Bonchev–Trinajstić information content (AvgIpc) is 2.83. The Labute approximate surface area is 189 Å². The van der Waals surface area contributed by atoms with E-state index in [1.54, 1.807) is 0 Å². The van der Waals surface area contributed by atoms with E-state index in [1.165, 1.54) is 5.69 Å². The van der Waals surface area contributed by atoms with E-state index in [0.29, 0.717) is 12.8 Å². The molecule has 2 aromatic rings. The van der Waals surface area contributed by atoms with E-state index in [4.69, 9.17) is 9.47 Å². The van der Waals surface area contributed by atoms with Gasteiger partial charge < -0.3 is 24.4 Å². The number of morpholine rings is 1. The summed E-state index contributed by atoms with van der Waals surface area (Å²) in [5.41, 5.74) is 2.20. The normalized spacial score (nSPS) is 27.8. The minimum absolute atomic E-state index is 0.00898. The maximum Gasteiger partial charge on any atom is 0.410 e. The van der Waals surface area contributed by atoms with Gasteiger partial charge in [0.05, 0.1) is 18.8 Å². The summed E-state index contributed by atoms with van der Waals surface area (Å²) < 4.78 is 11.1. The fourth-order valence-electron chi connectivity index (χ4n) is 5.56. The van der Waals surface area contributed by atoms with E-state index < -0.39 is 5.60 Å². The molecule has 2 atom stereocenters. The molecule has 3 aliphatic heterocycles. The van der Waals surface area contributed by atoms with E-state index >= 15 is 0 Å². The number of carbonyl (C=O) groups is 1. The molecular weight excluding hydrogens is 404 g/mol. The van der Waals surface area contributed by atoms with Crippen LogP contribution in [0.15, 0.2) is 54.6 Å². The lowest BCUT2D eigenvalue weighted by Crippen LogP contribution is -2.58. The molecule has 0 aliphatic carbocycles. The Kier molecular flexibility index (Phi) is 6.07. The van der Waals surface area contributed by atoms with Crippen LogP contribution in [0.25, 0.3) is 0 Å². The van der Waals surface area contributed by atoms with E-state index in [0.717, 1.165) is 56.7 Å². The number of aliphatic hydroxyl groups is 1. The van der Waals surface area contributed by atoms with Crippen molar-refractivity contribution in [1.29, 1.82) is 0 Å². The Morgan fingerprint density at radius 1 is 1.00 bits per heavy atom. The highest BCUT2D eigenvalue weighted by Gasteiger charge is 2.48. The smallest absolute Gasteiger partial charge is 0.410 e. The Morgan fingerprint density at radius 2 is 1.66 bits per heavy atom. The van der Waals surface area contributed by atoms with Crippen molar-refractivity contribution in [2.24, 2.45) is 0 Å². The van der Waals surface area contributed by atoms with Crippen LogP contribution < -0.4 is 4.90 Å². The molecule has 0 spiro atoms. The predicted molar refractivity (Wildman–Crippen MR) is 122 cm³/mol. The summed E-state index contributed by atoms with van der Waals surface area (Å²) >= 11 is 0. The van der Waals surface area contributed by atoms with Crippen LogP contribution >= 0.6 is 0 Å². The van der Waals surface area contributed by atoms with Gasteiger partial charge in [0, 0.05) is 43.7 Å². The first-order valence-electron chi connectivity index (χ1n) is 11.8. The lowest BCUT2D eigenvalue weighted by Gasteiger charge is -2.51. The fourth-order valence-corrected chi connectivity index (χ4v) is 5.56. The number of rotatable bonds is 4. The number of fused-ring (bicyclic) bond motifs is 2. The maximum absolute atomic E-state index is 13.0. The van der Waals surface area contributed by atoms with Crippen molar-refractivity contribution >= 4 is 11.8 Å². The largest absolute Gasteiger partial charge is 0.445 e. The second-order valence-corrected chi connectivity index (χ2v) is 9.27. The molecule has 170 valence electrons. The topological polar surface area (TPSA) is 62.2 Å². The van der Waals surface area contributed by atoms with Gasteiger partial charge >= 0.3 is 6.09 Å². The molecule has 2 unspecified atom stereocenters. The highest BCUT2D eigenvalue weighted by Crippen LogP contribution is 2.45. The van der Waals surface area contributed by atoms with Gasteiger partial charge in [-0.05, 0) is 42.5 Å². The van der Waals surface area contributed by atoms with Gasteiger partial charge in [0.25, 0.3) is 0 Å². The number of nitrogens with zero attached hydrogens (tertiary/aromatic N) is 2. The van der Waals surface area contributed by atoms with Crippen LogP contribution in [0, 0.1) is 0 Å². The number of benzene rings is 2. The first kappa shape index (κ1) is 21.3. The maximum atomic E-state index is 13.0. The third kappa shape index (κ3) is 4.34. The highest BCUT2D eigenvalue weighted by molar-refractivity contribution is 5.69. The molecule has 32 heavy (non-hydrogen) atoms. The molecule has 3 saturated heterocycles. The van der Waals surface area contributed by atoms with E-state index in [-0.39, 0.29) is 24.8 Å². The van der Waals surface area contributed by atoms with Crippen LogP contribution in [0.3, 0.4) is 0 Å². The zero-order valence-electron chi connectivity index (χ0n) is 18.5. The van der Waals surface area contributed by atoms with Crippen molar-refractivity contribution in [3.8, 4) is 0 Å². The lowest BCUT2D eigenvalue weighted by atomic mass is 9.72. The Morgan fingerprint density at radius 3 is 2.31 bits per heavy atom. The Bertz CT molecular complexity index is 897. The number of amides is 1. The summed E-state index contributed by atoms with van der Waals surface area (Å²) in [5.74, 6) is 0. The van der Waals surface area contributed by atoms with Gasteiger partial charge in [-0.3, -0.25) is 0 Å². The Hall–Kier alpha value is -2.57. The second-order valence-electron chi connectivity index (χ2n) is 9.27. The van der Waals surface area contributed by atoms with Crippen molar-refractivity contribution in [2.75, 3.05) is 31.2 Å². The van der Waals surface area contributed by atoms with Crippen molar-refractivity contribution in [2.45, 2.75) is 56.4 Å². The molecular formula is C26H32N2O4. The molecule has 3 heterocycles. The van der Waals surface area contributed by atoms with E-state index in [2.05, 4.69) is 29.2 Å². The van der Waals surface area contributed by atoms with Gasteiger partial charge in [-0.1, -0.05) is 42.5 Å². The highest BCUT2D eigenvalue weighted by atomic mass is 16.6. The zero-order valence-corrected chi connectivity index (χ0v) is 18.5. The molecule has 6 nitrogen and oxygen atoms in total. The van der Waals surface area contributed by atoms with Gasteiger partial charge in [-0.2, -0.15) is 0 Å². The molecule has 0 aromatic heterocycles. The van der Waals surface area contributed by atoms with Gasteiger partial charge in [-0.15, -0.1) is 0 Å². The van der Waals surface area contributed by atoms with E-state index in [1.807, 2.05) is 35.2 Å². The predicted octanol–water partition coefficient (Wildman–Crippen LogP) is 4.06. The van der Waals surface area contributed by atoms with Crippen LogP contribution in [-0.2, 0) is 21.7 Å². The SMILES string of the molecule is O=C(OCc1ccccc1)N1C2CCCC1CC(O)(c1ccc(N3CCOCC3)cc1)C2. The van der Waals surface area contributed by atoms with Crippen LogP contribution in [-0.4, -0.2) is 54.5 Å². The Balaban J connectivity index is 1.27. The zero-order chi connectivity index (χ0) is 22.0. The molecule has 0 saturated carbocycles. The number of ether oxygens (including phenoxy) is 2. The third-order valence-electron chi connectivity index (χ3n) is 7.20. The third-order valence-corrected chi connectivity index (χ3v) is 7.20. The quantitative estimate of drug-likeness (QED) is 0.783. The summed E-state index contributed by atoms with van der Waals surface area (Å²) in [5, 5.41) is 11.6. The molecule has 3 fully saturated rings. The number of carbonyl (C=O) groups excluding carboxylic acids is 1. The van der Waals surface area contributed by atoms with Crippen molar-refractivity contribution in [3.05, 3.63) is 65.7 Å². The van der Waals surface area contributed by atoms with Crippen molar-refractivity contribution < 1.29 is 19.4 Å². The van der Waals surface area contributed by atoms with Crippen LogP contribution in [0.4, 0.5) is 10.5 Å². The number of hydrogen-bond acceptors (Lipinski definition) is 5. The van der Waals surface area contributed by atoms with Gasteiger partial charge in [-0.25, -0.2) is 4.79 Å². The molecule has 1 amide bonds. The minimum Gasteiger partial charge on any atom is -0.445 e. The average molecular weight is 437 g/mol. The summed E-state index contributed by atoms with van der Waals surface area (Å²) in [4.78, 5) is 17.2. The molecule has 1 N–H and O–H groups in total. The molecule has 2 bridgehead atoms. The second kappa shape index (κ2) is 9.12. The molecule has 0 radical (unpaired) electrons. The number of anilines is 1. The summed E-state index contributed by atoms with van der Waals surface area (Å²) in [6.45, 7) is 3.58. The molecule has 5 rings (SSSR count). The number of piperidine rings is 2. The number of hydrogen-bond donors (Lipinski definition) is 1. The monoisotopic (exact) mass is 436 g/mol. The van der Waals surface area contributed by atoms with Gasteiger partial charge in [0.15, 0.2) is 0 Å². The minimum atomic E-state index is -0.907. The van der Waals surface area contributed by atoms with Crippen molar-refractivity contribution in [1.82, 2.24) is 4.90 Å². The van der Waals surface area contributed by atoms with Crippen LogP contribution in [0.2, 0.25) is 0 Å². The molecule has 3 aliphatic rings. The van der Waals surface area contributed by atoms with Crippen LogP contribution in [0.1, 0.15) is 43.2 Å². The summed E-state index contributed by atoms with van der Waals surface area (Å²) in [6, 6.07) is 18.1. The summed E-state index contributed by atoms with van der Waals surface area (Å²) in [7, 11) is 0. The standard InChI is InChI=1S/C26H32N2O4/c29-25(32-19-20-5-2-1-3-6-20)28-23-7-4-8-24(28)18-26(30,17-23)21-9-11-22(12-10-21)27-13-15-31-16-14-27/h1-3,5-6,9-12,23-24,30H,4,7-8,13-19H2. The van der Waals surface area contributed by atoms with Gasteiger partial charge in [0.2, 0.25) is 0 Å². The fraction of sp³-hybridized carbons (Fsp3) is 0.500. The van der Waals surface area contributed by atoms with E-state index in [9.17, 15) is 9.90 Å². The lowest BCUT2D eigenvalue weighted by molar-refractivity contribution is -0.0896. The molecule has 6 heteroatoms. The summed E-state index contributed by atoms with van der Waals surface area (Å²) in [6.07, 6.45) is 3.76. The van der Waals surface area contributed by atoms with Gasteiger partial charge in [0.1, 0.15) is 6.61 Å². The molecule has 2 aromatic carbocycles. The first-order valence-corrected chi connectivity index (χ1v) is 11.8. The van der Waals surface area contributed by atoms with Crippen LogP contribution in [0.5, 0.6) is 0 Å². The first-order chi connectivity index (χ1) is 15.6.